The van der Waals surface area contributed by atoms with E-state index in [1.165, 1.54) is 12.1 Å². The minimum absolute atomic E-state index is 0. The molecule has 2 atom stereocenters. The minimum atomic E-state index is -0.504. The summed E-state index contributed by atoms with van der Waals surface area (Å²) < 4.78 is 19.0. The van der Waals surface area contributed by atoms with Crippen LogP contribution in [0.4, 0.5) is 4.39 Å². The summed E-state index contributed by atoms with van der Waals surface area (Å²) >= 11 is 1.67. The average Bonchev–Trinajstić information content (AvgIpc) is 2.60. The molecule has 1 aromatic carbocycles. The van der Waals surface area contributed by atoms with Gasteiger partial charge in [-0.25, -0.2) is 4.39 Å². The highest BCUT2D eigenvalue weighted by atomic mass is 35.5. The number of halogens is 2. The molecular weight excluding hydrogens is 365 g/mol. The SMILES string of the molecule is CSCC[C@H](N)C(=O)NCC(c1cccc(F)c1)N1CCOCC1.Cl. The molecule has 1 saturated heterocycles. The molecule has 1 fully saturated rings. The van der Waals surface area contributed by atoms with E-state index in [1.807, 2.05) is 12.3 Å². The number of nitrogens with zero attached hydrogens (tertiary/aromatic N) is 1. The van der Waals surface area contributed by atoms with Gasteiger partial charge in [0.05, 0.1) is 25.3 Å². The van der Waals surface area contributed by atoms with Crippen LogP contribution in [0.25, 0.3) is 0 Å². The number of ether oxygens (including phenoxy) is 1. The number of morpholine rings is 1. The van der Waals surface area contributed by atoms with Crippen LogP contribution < -0.4 is 11.1 Å². The number of carbonyl (C=O) groups is 1. The fourth-order valence-electron chi connectivity index (χ4n) is 2.77. The highest BCUT2D eigenvalue weighted by Gasteiger charge is 2.24. The first-order valence-electron chi connectivity index (χ1n) is 8.21. The maximum absolute atomic E-state index is 13.6. The van der Waals surface area contributed by atoms with Gasteiger partial charge in [0.2, 0.25) is 5.91 Å². The van der Waals surface area contributed by atoms with Gasteiger partial charge in [-0.1, -0.05) is 12.1 Å². The smallest absolute Gasteiger partial charge is 0.237 e. The molecule has 1 heterocycles. The molecule has 1 aliphatic rings. The second-order valence-corrected chi connectivity index (χ2v) is 6.84. The van der Waals surface area contributed by atoms with Crippen LogP contribution in [0.5, 0.6) is 0 Å². The Morgan fingerprint density at radius 3 is 2.80 bits per heavy atom. The summed E-state index contributed by atoms with van der Waals surface area (Å²) in [5.74, 6) is 0.429. The summed E-state index contributed by atoms with van der Waals surface area (Å²) in [5, 5.41) is 2.93. The van der Waals surface area contributed by atoms with Gasteiger partial charge in [0.15, 0.2) is 0 Å². The Morgan fingerprint density at radius 1 is 1.44 bits per heavy atom. The van der Waals surface area contributed by atoms with Crippen LogP contribution in [-0.2, 0) is 9.53 Å². The van der Waals surface area contributed by atoms with Crippen molar-refractivity contribution >= 4 is 30.1 Å². The molecule has 1 unspecified atom stereocenters. The monoisotopic (exact) mass is 391 g/mol. The van der Waals surface area contributed by atoms with Crippen LogP contribution in [0.3, 0.4) is 0 Å². The van der Waals surface area contributed by atoms with E-state index in [0.29, 0.717) is 26.2 Å². The van der Waals surface area contributed by atoms with Gasteiger partial charge in [-0.2, -0.15) is 11.8 Å². The Balaban J connectivity index is 0.00000312. The highest BCUT2D eigenvalue weighted by Crippen LogP contribution is 2.22. The van der Waals surface area contributed by atoms with Gasteiger partial charge in [-0.05, 0) is 36.1 Å². The van der Waals surface area contributed by atoms with E-state index in [2.05, 4.69) is 10.2 Å². The largest absolute Gasteiger partial charge is 0.379 e. The van der Waals surface area contributed by atoms with Crippen LogP contribution in [0.1, 0.15) is 18.0 Å². The summed E-state index contributed by atoms with van der Waals surface area (Å²) in [7, 11) is 0. The van der Waals surface area contributed by atoms with Crippen molar-refractivity contribution in [2.45, 2.75) is 18.5 Å². The molecule has 2 rings (SSSR count). The number of amides is 1. The lowest BCUT2D eigenvalue weighted by Gasteiger charge is -2.35. The standard InChI is InChI=1S/C17H26FN3O2S.ClH/c1-24-10-5-15(19)17(22)20-12-16(21-6-8-23-9-7-21)13-3-2-4-14(18)11-13;/h2-4,11,15-16H,5-10,12,19H2,1H3,(H,20,22);1H/t15-,16?;/m0./s1. The van der Waals surface area contributed by atoms with Crippen molar-refractivity contribution in [1.29, 1.82) is 0 Å². The summed E-state index contributed by atoms with van der Waals surface area (Å²) in [6, 6.07) is 5.96. The molecule has 0 bridgehead atoms. The normalized spacial score (nSPS) is 17.4. The molecule has 0 spiro atoms. The first-order chi connectivity index (χ1) is 11.6. The van der Waals surface area contributed by atoms with E-state index in [0.717, 1.165) is 24.4 Å². The number of hydrogen-bond acceptors (Lipinski definition) is 5. The Morgan fingerprint density at radius 2 is 2.16 bits per heavy atom. The van der Waals surface area contributed by atoms with Crippen LogP contribution >= 0.6 is 24.2 Å². The third-order valence-electron chi connectivity index (χ3n) is 4.16. The summed E-state index contributed by atoms with van der Waals surface area (Å²) in [6.45, 7) is 3.22. The Hall–Kier alpha value is -0.860. The summed E-state index contributed by atoms with van der Waals surface area (Å²) in [4.78, 5) is 14.4. The topological polar surface area (TPSA) is 67.6 Å². The van der Waals surface area contributed by atoms with E-state index in [9.17, 15) is 9.18 Å². The number of carbonyl (C=O) groups excluding carboxylic acids is 1. The summed E-state index contributed by atoms with van der Waals surface area (Å²) in [6.07, 6.45) is 2.64. The van der Waals surface area contributed by atoms with Gasteiger partial charge in [0.25, 0.3) is 0 Å². The Kier molecular flexibility index (Phi) is 10.4. The first-order valence-corrected chi connectivity index (χ1v) is 9.60. The van der Waals surface area contributed by atoms with Crippen LogP contribution in [0.2, 0.25) is 0 Å². The fourth-order valence-corrected chi connectivity index (χ4v) is 3.25. The zero-order valence-corrected chi connectivity index (χ0v) is 16.1. The molecule has 25 heavy (non-hydrogen) atoms. The van der Waals surface area contributed by atoms with Crippen molar-refractivity contribution in [3.8, 4) is 0 Å². The molecular formula is C17H27ClFN3O2S. The van der Waals surface area contributed by atoms with Gasteiger partial charge in [0.1, 0.15) is 5.82 Å². The predicted octanol–water partition coefficient (Wildman–Crippen LogP) is 1.82. The van der Waals surface area contributed by atoms with Gasteiger partial charge in [-0.15, -0.1) is 12.4 Å². The van der Waals surface area contributed by atoms with Gasteiger partial charge in [-0.3, -0.25) is 9.69 Å². The molecule has 0 aliphatic carbocycles. The van der Waals surface area contributed by atoms with Gasteiger partial charge < -0.3 is 15.8 Å². The predicted molar refractivity (Wildman–Crippen MR) is 103 cm³/mol. The second-order valence-electron chi connectivity index (χ2n) is 5.85. The molecule has 1 amide bonds. The number of benzene rings is 1. The minimum Gasteiger partial charge on any atom is -0.379 e. The maximum atomic E-state index is 13.6. The van der Waals surface area contributed by atoms with Gasteiger partial charge in [0, 0.05) is 19.6 Å². The molecule has 8 heteroatoms. The third-order valence-corrected chi connectivity index (χ3v) is 4.80. The van der Waals surface area contributed by atoms with E-state index in [4.69, 9.17) is 10.5 Å². The van der Waals surface area contributed by atoms with Crippen LogP contribution in [0, 0.1) is 5.82 Å². The number of hydrogen-bond donors (Lipinski definition) is 2. The van der Waals surface area contributed by atoms with E-state index >= 15 is 0 Å². The molecule has 5 nitrogen and oxygen atoms in total. The average molecular weight is 392 g/mol. The zero-order valence-electron chi connectivity index (χ0n) is 14.4. The number of rotatable bonds is 8. The van der Waals surface area contributed by atoms with Crippen molar-refractivity contribution in [1.82, 2.24) is 10.2 Å². The Labute approximate surface area is 159 Å². The van der Waals surface area contributed by atoms with E-state index in [-0.39, 0.29) is 30.2 Å². The van der Waals surface area contributed by atoms with Crippen LogP contribution in [-0.4, -0.2) is 61.7 Å². The third kappa shape index (κ3) is 7.11. The van der Waals surface area contributed by atoms with Crippen molar-refractivity contribution in [3.05, 3.63) is 35.6 Å². The zero-order chi connectivity index (χ0) is 17.4. The molecule has 3 N–H and O–H groups in total. The molecule has 142 valence electrons. The molecule has 0 aromatic heterocycles. The second kappa shape index (κ2) is 11.7. The van der Waals surface area contributed by atoms with Crippen molar-refractivity contribution < 1.29 is 13.9 Å². The quantitative estimate of drug-likeness (QED) is 0.707. The first kappa shape index (κ1) is 22.2. The number of thioether (sulfide) groups is 1. The lowest BCUT2D eigenvalue weighted by Crippen LogP contribution is -2.47. The number of nitrogens with two attached hydrogens (primary N) is 1. The highest BCUT2D eigenvalue weighted by molar-refractivity contribution is 7.98. The van der Waals surface area contributed by atoms with Crippen molar-refractivity contribution in [2.75, 3.05) is 44.9 Å². The van der Waals surface area contributed by atoms with Crippen LogP contribution in [0.15, 0.2) is 24.3 Å². The van der Waals surface area contributed by atoms with Crippen molar-refractivity contribution in [2.24, 2.45) is 5.73 Å². The molecule has 1 aromatic rings. The number of nitrogens with one attached hydrogen (secondary N) is 1. The lowest BCUT2D eigenvalue weighted by molar-refractivity contribution is -0.122. The maximum Gasteiger partial charge on any atom is 0.237 e. The van der Waals surface area contributed by atoms with Gasteiger partial charge >= 0.3 is 0 Å². The van der Waals surface area contributed by atoms with Crippen molar-refractivity contribution in [3.63, 3.8) is 0 Å². The lowest BCUT2D eigenvalue weighted by atomic mass is 10.0. The van der Waals surface area contributed by atoms with E-state index in [1.54, 1.807) is 17.8 Å². The summed E-state index contributed by atoms with van der Waals surface area (Å²) in [5.41, 5.74) is 6.77. The molecule has 0 saturated carbocycles. The molecule has 1 aliphatic heterocycles. The molecule has 0 radical (unpaired) electrons. The fraction of sp³-hybridized carbons (Fsp3) is 0.588. The van der Waals surface area contributed by atoms with E-state index < -0.39 is 6.04 Å². The Bertz CT molecular complexity index is 532.